The highest BCUT2D eigenvalue weighted by molar-refractivity contribution is 7.07. The normalized spacial score (nSPS) is 7.40. The van der Waals surface area contributed by atoms with Crippen molar-refractivity contribution in [3.63, 3.8) is 0 Å². The zero-order chi connectivity index (χ0) is 7.82. The number of thiazole rings is 1. The van der Waals surface area contributed by atoms with Gasteiger partial charge in [0.05, 0.1) is 5.51 Å². The van der Waals surface area contributed by atoms with Crippen LogP contribution in [0.15, 0.2) is 17.1 Å². The number of amides is 1. The molecule has 1 rings (SSSR count). The van der Waals surface area contributed by atoms with Crippen LogP contribution in [0.5, 0.6) is 0 Å². The van der Waals surface area contributed by atoms with Crippen LogP contribution >= 0.6 is 11.3 Å². The van der Waals surface area contributed by atoms with Gasteiger partial charge in [-0.2, -0.15) is 0 Å². The summed E-state index contributed by atoms with van der Waals surface area (Å²) < 4.78 is 0. The number of aromatic nitrogens is 1. The third-order valence-electron chi connectivity index (χ3n) is 0.550. The molecule has 0 saturated carbocycles. The first kappa shape index (κ1) is 9.06. The summed E-state index contributed by atoms with van der Waals surface area (Å²) in [5, 5.41) is 1.93. The van der Waals surface area contributed by atoms with Gasteiger partial charge in [-0.1, -0.05) is 0 Å². The average Bonchev–Trinajstić information content (AvgIpc) is 2.43. The highest BCUT2D eigenvalue weighted by Crippen LogP contribution is 1.85. The van der Waals surface area contributed by atoms with Crippen LogP contribution in [0.1, 0.15) is 6.92 Å². The molecule has 1 aromatic heterocycles. The Bertz CT molecular complexity index is 146. The molecule has 0 radical (unpaired) electrons. The van der Waals surface area contributed by atoms with E-state index < -0.39 is 0 Å². The van der Waals surface area contributed by atoms with Crippen LogP contribution in [-0.2, 0) is 4.79 Å². The smallest absolute Gasteiger partial charge is 0.230 e. The Kier molecular flexibility index (Phi) is 5.60. The van der Waals surface area contributed by atoms with E-state index in [1.165, 1.54) is 6.92 Å². The molecule has 0 fully saturated rings. The molecule has 0 unspecified atom stereocenters. The molecule has 0 aliphatic heterocycles. The van der Waals surface area contributed by atoms with Crippen LogP contribution in [-0.4, -0.2) is 10.9 Å². The Morgan fingerprint density at radius 1 is 1.80 bits per heavy atom. The maximum atomic E-state index is 9.58. The first-order valence-electron chi connectivity index (χ1n) is 2.56. The topological polar surface area (TPSA) is 68.0 Å². The number of hydrogen-bond acceptors (Lipinski definition) is 4. The highest BCUT2D eigenvalue weighted by atomic mass is 32.1. The quantitative estimate of drug-likeness (QED) is 0.321. The zero-order valence-electron chi connectivity index (χ0n) is 5.57. The SMILES string of the molecule is CC(=O)NN.c1cscn1. The lowest BCUT2D eigenvalue weighted by atomic mass is 10.8. The predicted octanol–water partition coefficient (Wildman–Crippen LogP) is 0.139. The lowest BCUT2D eigenvalue weighted by Gasteiger charge is -1.80. The summed E-state index contributed by atoms with van der Waals surface area (Å²) in [5.41, 5.74) is 3.68. The Labute approximate surface area is 63.0 Å². The van der Waals surface area contributed by atoms with E-state index in [1.54, 1.807) is 23.0 Å². The van der Waals surface area contributed by atoms with Gasteiger partial charge < -0.3 is 0 Å². The second-order valence-corrected chi connectivity index (χ2v) is 2.13. The standard InChI is InChI=1S/C3H3NS.C2H6N2O/c1-2-5-3-4-1;1-2(5)4-3/h1-3H;3H2,1H3,(H,4,5). The van der Waals surface area contributed by atoms with Crippen molar-refractivity contribution in [2.24, 2.45) is 5.84 Å². The van der Waals surface area contributed by atoms with E-state index in [4.69, 9.17) is 0 Å². The number of carbonyl (C=O) groups is 1. The Balaban J connectivity index is 0.000000162. The fraction of sp³-hybridized carbons (Fsp3) is 0.200. The van der Waals surface area contributed by atoms with E-state index in [2.05, 4.69) is 10.8 Å². The van der Waals surface area contributed by atoms with E-state index in [0.29, 0.717) is 0 Å². The molecule has 0 bridgehead atoms. The zero-order valence-corrected chi connectivity index (χ0v) is 6.39. The number of rotatable bonds is 0. The molecule has 4 nitrogen and oxygen atoms in total. The third kappa shape index (κ3) is 7.06. The molecule has 0 aliphatic carbocycles. The summed E-state index contributed by atoms with van der Waals surface area (Å²) in [7, 11) is 0. The molecule has 1 heterocycles. The van der Waals surface area contributed by atoms with Gasteiger partial charge in [-0.05, 0) is 0 Å². The number of hydrogen-bond donors (Lipinski definition) is 2. The minimum Gasteiger partial charge on any atom is -0.295 e. The molecule has 0 spiro atoms. The maximum Gasteiger partial charge on any atom is 0.230 e. The van der Waals surface area contributed by atoms with Crippen molar-refractivity contribution >= 4 is 17.2 Å². The molecule has 56 valence electrons. The van der Waals surface area contributed by atoms with Crippen LogP contribution in [0.25, 0.3) is 0 Å². The Hall–Kier alpha value is -0.940. The molecule has 3 N–H and O–H groups in total. The first-order valence-corrected chi connectivity index (χ1v) is 3.51. The van der Waals surface area contributed by atoms with Crippen LogP contribution < -0.4 is 11.3 Å². The molecular weight excluding hydrogens is 150 g/mol. The number of carbonyl (C=O) groups excluding carboxylic acids is 1. The average molecular weight is 159 g/mol. The highest BCUT2D eigenvalue weighted by Gasteiger charge is 1.73. The fourth-order valence-electron chi connectivity index (χ4n) is 0.176. The minimum absolute atomic E-state index is 0.218. The number of nitrogens with two attached hydrogens (primary N) is 1. The molecule has 5 heteroatoms. The molecule has 1 aromatic rings. The van der Waals surface area contributed by atoms with E-state index in [0.717, 1.165) is 0 Å². The Morgan fingerprint density at radius 2 is 2.40 bits per heavy atom. The van der Waals surface area contributed by atoms with Gasteiger partial charge in [0.25, 0.3) is 0 Å². The summed E-state index contributed by atoms with van der Waals surface area (Å²) in [6.45, 7) is 1.35. The lowest BCUT2D eigenvalue weighted by Crippen LogP contribution is -2.26. The van der Waals surface area contributed by atoms with Gasteiger partial charge in [-0.3, -0.25) is 15.2 Å². The largest absolute Gasteiger partial charge is 0.295 e. The molecule has 0 saturated heterocycles. The summed E-state index contributed by atoms with van der Waals surface area (Å²) in [4.78, 5) is 13.3. The van der Waals surface area contributed by atoms with Crippen LogP contribution in [0.2, 0.25) is 0 Å². The molecular formula is C5H9N3OS. The van der Waals surface area contributed by atoms with Gasteiger partial charge in [0.2, 0.25) is 5.91 Å². The van der Waals surface area contributed by atoms with Gasteiger partial charge in [0.15, 0.2) is 0 Å². The summed E-state index contributed by atoms with van der Waals surface area (Å²) >= 11 is 1.60. The van der Waals surface area contributed by atoms with Crippen molar-refractivity contribution in [3.05, 3.63) is 17.1 Å². The van der Waals surface area contributed by atoms with Crippen molar-refractivity contribution in [1.82, 2.24) is 10.4 Å². The first-order chi connectivity index (χ1) is 4.77. The predicted molar refractivity (Wildman–Crippen MR) is 40.1 cm³/mol. The van der Waals surface area contributed by atoms with E-state index in [9.17, 15) is 4.79 Å². The van der Waals surface area contributed by atoms with Gasteiger partial charge in [-0.25, -0.2) is 5.84 Å². The fourth-order valence-corrected chi connectivity index (χ4v) is 0.527. The van der Waals surface area contributed by atoms with Gasteiger partial charge in [-0.15, -0.1) is 11.3 Å². The Morgan fingerprint density at radius 3 is 2.50 bits per heavy atom. The third-order valence-corrected chi connectivity index (χ3v) is 1.07. The van der Waals surface area contributed by atoms with E-state index >= 15 is 0 Å². The van der Waals surface area contributed by atoms with Crippen molar-refractivity contribution in [2.45, 2.75) is 6.92 Å². The van der Waals surface area contributed by atoms with Crippen molar-refractivity contribution in [2.75, 3.05) is 0 Å². The summed E-state index contributed by atoms with van der Waals surface area (Å²) in [6.07, 6.45) is 1.77. The van der Waals surface area contributed by atoms with Crippen LogP contribution in [0.3, 0.4) is 0 Å². The molecule has 0 atom stereocenters. The van der Waals surface area contributed by atoms with Crippen molar-refractivity contribution in [1.29, 1.82) is 0 Å². The van der Waals surface area contributed by atoms with Crippen LogP contribution in [0, 0.1) is 0 Å². The maximum absolute atomic E-state index is 9.58. The summed E-state index contributed by atoms with van der Waals surface area (Å²) in [5.74, 6) is 4.35. The van der Waals surface area contributed by atoms with Crippen molar-refractivity contribution in [3.8, 4) is 0 Å². The molecule has 0 aromatic carbocycles. The van der Waals surface area contributed by atoms with Gasteiger partial charge in [0.1, 0.15) is 0 Å². The number of nitrogens with one attached hydrogen (secondary N) is 1. The van der Waals surface area contributed by atoms with Crippen molar-refractivity contribution < 1.29 is 4.79 Å². The molecule has 10 heavy (non-hydrogen) atoms. The number of nitrogens with zero attached hydrogens (tertiary/aromatic N) is 1. The minimum atomic E-state index is -0.218. The molecule has 1 amide bonds. The second-order valence-electron chi connectivity index (χ2n) is 1.38. The second kappa shape index (κ2) is 6.18. The van der Waals surface area contributed by atoms with Gasteiger partial charge >= 0.3 is 0 Å². The lowest BCUT2D eigenvalue weighted by molar-refractivity contribution is -0.119. The van der Waals surface area contributed by atoms with Crippen LogP contribution in [0.4, 0.5) is 0 Å². The molecule has 0 aliphatic rings. The van der Waals surface area contributed by atoms with E-state index in [-0.39, 0.29) is 5.91 Å². The van der Waals surface area contributed by atoms with Gasteiger partial charge in [0, 0.05) is 18.5 Å². The number of hydrazine groups is 1. The summed E-state index contributed by atoms with van der Waals surface area (Å²) in [6, 6.07) is 0. The monoisotopic (exact) mass is 159 g/mol. The van der Waals surface area contributed by atoms with E-state index in [1.807, 2.05) is 10.8 Å².